The van der Waals surface area contributed by atoms with Crippen molar-refractivity contribution in [3.8, 4) is 28.7 Å². The van der Waals surface area contributed by atoms with Gasteiger partial charge in [0.15, 0.2) is 17.5 Å². The Labute approximate surface area is 218 Å². The van der Waals surface area contributed by atoms with Crippen molar-refractivity contribution in [2.24, 2.45) is 5.92 Å². The molecule has 10 heteroatoms. The van der Waals surface area contributed by atoms with Crippen LogP contribution in [-0.2, 0) is 10.8 Å². The van der Waals surface area contributed by atoms with Crippen LogP contribution in [0.5, 0.6) is 5.75 Å². The van der Waals surface area contributed by atoms with Gasteiger partial charge in [-0.05, 0) is 66.8 Å². The first-order valence-electron chi connectivity index (χ1n) is 11.6. The van der Waals surface area contributed by atoms with Gasteiger partial charge in [0.1, 0.15) is 17.7 Å². The van der Waals surface area contributed by atoms with Crippen LogP contribution >= 0.6 is 11.3 Å². The molecule has 0 radical (unpaired) electrons. The van der Waals surface area contributed by atoms with E-state index < -0.39 is 40.1 Å². The molecule has 1 unspecified atom stereocenters. The van der Waals surface area contributed by atoms with Gasteiger partial charge >= 0.3 is 6.11 Å². The third-order valence-electron chi connectivity index (χ3n) is 6.00. The van der Waals surface area contributed by atoms with Crippen LogP contribution in [-0.4, -0.2) is 17.7 Å². The summed E-state index contributed by atoms with van der Waals surface area (Å²) in [5.41, 5.74) is 0.334. The molecule has 2 atom stereocenters. The molecule has 0 saturated carbocycles. The highest BCUT2D eigenvalue weighted by molar-refractivity contribution is 7.18. The number of thiazole rings is 1. The van der Waals surface area contributed by atoms with E-state index in [1.165, 1.54) is 0 Å². The number of hydrogen-bond donors (Lipinski definition) is 0. The Kier molecular flexibility index (Phi) is 7.07. The van der Waals surface area contributed by atoms with E-state index in [0.29, 0.717) is 57.8 Å². The summed E-state index contributed by atoms with van der Waals surface area (Å²) in [5.74, 6) is 0.253. The maximum Gasteiger partial charge on any atom is 0.454 e. The summed E-state index contributed by atoms with van der Waals surface area (Å²) in [7, 11) is 0. The predicted molar refractivity (Wildman–Crippen MR) is 131 cm³/mol. The summed E-state index contributed by atoms with van der Waals surface area (Å²) < 4.78 is 95.6. The lowest BCUT2D eigenvalue weighted by Crippen LogP contribution is -2.22. The number of benzene rings is 3. The Balaban J connectivity index is 1.34. The normalized spacial score (nSPS) is 17.8. The standard InChI is InChI=1S/C28H19F6NO2S/c1-15-2-5-18(36-14-15)6-3-16-4-9-24-25(10-16)38-27(35-24)28(33,34)37-19-7-8-20(21(29)13-19)17-11-22(30)26(32)23(31)12-17/h4,7-13,15,18H,2,5,14H2,1H3/t15-,18?/m1/s1. The molecule has 38 heavy (non-hydrogen) atoms. The number of fused-ring (bicyclic) bond motifs is 1. The quantitative estimate of drug-likeness (QED) is 0.148. The molecular formula is C28H19F6NO2S. The molecule has 5 rings (SSSR count). The monoisotopic (exact) mass is 547 g/mol. The first-order valence-corrected chi connectivity index (χ1v) is 12.5. The molecule has 1 aromatic heterocycles. The molecule has 1 aliphatic heterocycles. The van der Waals surface area contributed by atoms with Crippen molar-refractivity contribution in [1.82, 2.24) is 4.98 Å². The average Bonchev–Trinajstić information content (AvgIpc) is 3.31. The molecule has 0 amide bonds. The second kappa shape index (κ2) is 10.3. The van der Waals surface area contributed by atoms with Gasteiger partial charge in [0, 0.05) is 17.2 Å². The Hall–Kier alpha value is -3.55. The minimum atomic E-state index is -3.90. The molecule has 196 valence electrons. The van der Waals surface area contributed by atoms with Gasteiger partial charge in [0.05, 0.1) is 16.8 Å². The summed E-state index contributed by atoms with van der Waals surface area (Å²) in [5, 5.41) is -0.644. The Morgan fingerprint density at radius 2 is 1.74 bits per heavy atom. The summed E-state index contributed by atoms with van der Waals surface area (Å²) >= 11 is 0.710. The minimum absolute atomic E-state index is 0.162. The van der Waals surface area contributed by atoms with Crippen molar-refractivity contribution >= 4 is 21.6 Å². The fraction of sp³-hybridized carbons (Fsp3) is 0.250. The highest BCUT2D eigenvalue weighted by atomic mass is 32.1. The van der Waals surface area contributed by atoms with Crippen molar-refractivity contribution < 1.29 is 35.8 Å². The largest absolute Gasteiger partial charge is 0.454 e. The number of rotatable bonds is 4. The van der Waals surface area contributed by atoms with E-state index in [2.05, 4.69) is 23.7 Å². The predicted octanol–water partition coefficient (Wildman–Crippen LogP) is 7.81. The molecular weight excluding hydrogens is 528 g/mol. The van der Waals surface area contributed by atoms with Crippen molar-refractivity contribution in [2.45, 2.75) is 32.0 Å². The van der Waals surface area contributed by atoms with E-state index in [9.17, 15) is 26.3 Å². The third kappa shape index (κ3) is 5.49. The maximum absolute atomic E-state index is 14.9. The van der Waals surface area contributed by atoms with Crippen LogP contribution in [0.2, 0.25) is 0 Å². The van der Waals surface area contributed by atoms with Crippen LogP contribution in [0.1, 0.15) is 30.3 Å². The van der Waals surface area contributed by atoms with Gasteiger partial charge in [-0.3, -0.25) is 0 Å². The molecule has 2 heterocycles. The van der Waals surface area contributed by atoms with Gasteiger partial charge < -0.3 is 9.47 Å². The lowest BCUT2D eigenvalue weighted by Gasteiger charge is -2.22. The van der Waals surface area contributed by atoms with Gasteiger partial charge in [-0.1, -0.05) is 18.8 Å². The van der Waals surface area contributed by atoms with E-state index in [4.69, 9.17) is 9.47 Å². The van der Waals surface area contributed by atoms with E-state index in [1.54, 1.807) is 18.2 Å². The SMILES string of the molecule is C[C@@H]1CCC(C#Cc2ccc3nc(C(F)(F)Oc4ccc(-c5cc(F)c(F)c(F)c5)c(F)c4)sc3c2)OC1. The highest BCUT2D eigenvalue weighted by Crippen LogP contribution is 2.38. The zero-order chi connectivity index (χ0) is 27.0. The number of aromatic nitrogens is 1. The third-order valence-corrected chi connectivity index (χ3v) is 7.07. The van der Waals surface area contributed by atoms with E-state index >= 15 is 0 Å². The molecule has 4 aromatic rings. The number of hydrogen-bond acceptors (Lipinski definition) is 4. The molecule has 1 aliphatic rings. The number of ether oxygens (including phenoxy) is 2. The van der Waals surface area contributed by atoms with Crippen LogP contribution < -0.4 is 4.74 Å². The molecule has 0 N–H and O–H groups in total. The van der Waals surface area contributed by atoms with E-state index in [-0.39, 0.29) is 17.2 Å². The summed E-state index contributed by atoms with van der Waals surface area (Å²) in [6.07, 6.45) is -2.19. The molecule has 1 saturated heterocycles. The van der Waals surface area contributed by atoms with Crippen molar-refractivity contribution in [2.75, 3.05) is 6.61 Å². The van der Waals surface area contributed by atoms with Crippen LogP contribution in [0, 0.1) is 41.0 Å². The summed E-state index contributed by atoms with van der Waals surface area (Å²) in [4.78, 5) is 3.95. The Morgan fingerprint density at radius 3 is 2.42 bits per heavy atom. The molecule has 3 nitrogen and oxygen atoms in total. The van der Waals surface area contributed by atoms with Gasteiger partial charge in [-0.25, -0.2) is 22.5 Å². The van der Waals surface area contributed by atoms with Gasteiger partial charge in [-0.15, -0.1) is 11.3 Å². The lowest BCUT2D eigenvalue weighted by molar-refractivity contribution is -0.185. The van der Waals surface area contributed by atoms with Crippen LogP contribution in [0.4, 0.5) is 26.3 Å². The minimum Gasteiger partial charge on any atom is -0.427 e. The Bertz CT molecular complexity index is 1540. The highest BCUT2D eigenvalue weighted by Gasteiger charge is 2.39. The van der Waals surface area contributed by atoms with Gasteiger partial charge in [-0.2, -0.15) is 8.78 Å². The fourth-order valence-corrected chi connectivity index (χ4v) is 4.90. The second-order valence-electron chi connectivity index (χ2n) is 8.99. The van der Waals surface area contributed by atoms with Crippen LogP contribution in [0.15, 0.2) is 48.5 Å². The fourth-order valence-electron chi connectivity index (χ4n) is 3.98. The molecule has 0 bridgehead atoms. The van der Waals surface area contributed by atoms with Gasteiger partial charge in [0.25, 0.3) is 0 Å². The zero-order valence-electron chi connectivity index (χ0n) is 19.8. The lowest BCUT2D eigenvalue weighted by atomic mass is 10.0. The number of alkyl halides is 2. The summed E-state index contributed by atoms with van der Waals surface area (Å²) in [6, 6.07) is 8.79. The topological polar surface area (TPSA) is 31.4 Å². The first kappa shape index (κ1) is 26.1. The maximum atomic E-state index is 14.9. The van der Waals surface area contributed by atoms with E-state index in [0.717, 1.165) is 25.0 Å². The van der Waals surface area contributed by atoms with Crippen LogP contribution in [0.3, 0.4) is 0 Å². The van der Waals surface area contributed by atoms with Crippen molar-refractivity contribution in [3.63, 3.8) is 0 Å². The van der Waals surface area contributed by atoms with Crippen LogP contribution in [0.25, 0.3) is 21.3 Å². The van der Waals surface area contributed by atoms with Crippen molar-refractivity contribution in [3.05, 3.63) is 82.4 Å². The zero-order valence-corrected chi connectivity index (χ0v) is 20.7. The van der Waals surface area contributed by atoms with Gasteiger partial charge in [0.2, 0.25) is 5.01 Å². The first-order chi connectivity index (χ1) is 18.1. The average molecular weight is 548 g/mol. The molecule has 3 aromatic carbocycles. The second-order valence-corrected chi connectivity index (χ2v) is 10.0. The number of nitrogens with zero attached hydrogens (tertiary/aromatic N) is 1. The summed E-state index contributed by atoms with van der Waals surface area (Å²) in [6.45, 7) is 2.77. The molecule has 1 fully saturated rings. The molecule has 0 spiro atoms. The Morgan fingerprint density at radius 1 is 0.974 bits per heavy atom. The number of halogens is 6. The smallest absolute Gasteiger partial charge is 0.427 e. The molecule has 0 aliphatic carbocycles. The van der Waals surface area contributed by atoms with E-state index in [1.807, 2.05) is 0 Å². The van der Waals surface area contributed by atoms with Crippen molar-refractivity contribution in [1.29, 1.82) is 0 Å².